The average molecular weight is 304 g/mol. The third-order valence-corrected chi connectivity index (χ3v) is 4.40. The number of fused-ring (bicyclic) bond motifs is 1. The van der Waals surface area contributed by atoms with Crippen molar-refractivity contribution in [2.24, 2.45) is 0 Å². The number of nitrogens with zero attached hydrogens (tertiary/aromatic N) is 1. The molecular weight excluding hydrogens is 282 g/mol. The first kappa shape index (κ1) is 15.1. The molecule has 0 aliphatic carbocycles. The van der Waals surface area contributed by atoms with E-state index in [-0.39, 0.29) is 0 Å². The number of thiazole rings is 1. The van der Waals surface area contributed by atoms with E-state index < -0.39 is 8.07 Å². The van der Waals surface area contributed by atoms with Gasteiger partial charge in [-0.05, 0) is 37.0 Å². The van der Waals surface area contributed by atoms with Crippen molar-refractivity contribution in [3.63, 3.8) is 0 Å². The average Bonchev–Trinajstić information content (AvgIpc) is 2.75. The maximum Gasteiger partial charge on any atom is 0.167 e. The van der Waals surface area contributed by atoms with Gasteiger partial charge in [0.1, 0.15) is 19.3 Å². The van der Waals surface area contributed by atoms with Gasteiger partial charge in [0.2, 0.25) is 0 Å². The van der Waals surface area contributed by atoms with Crippen LogP contribution in [0.15, 0.2) is 12.1 Å². The van der Waals surface area contributed by atoms with Crippen molar-refractivity contribution in [3.05, 3.63) is 22.7 Å². The molecule has 1 aromatic carbocycles. The molecule has 1 aromatic heterocycles. The molecular formula is C16H21NOSSi. The van der Waals surface area contributed by atoms with Gasteiger partial charge >= 0.3 is 0 Å². The number of hydrogen-bond acceptors (Lipinski definition) is 3. The normalized spacial score (nSPS) is 11.2. The fourth-order valence-corrected chi connectivity index (χ4v) is 3.27. The van der Waals surface area contributed by atoms with Crippen LogP contribution in [0.3, 0.4) is 0 Å². The SMILES string of the molecule is CCCOc1cc(C)cc2sc(C#C[Si](C)(C)C)nc12. The lowest BCUT2D eigenvalue weighted by atomic mass is 10.2. The van der Waals surface area contributed by atoms with Gasteiger partial charge in [0.05, 0.1) is 11.3 Å². The molecule has 2 aromatic rings. The molecule has 0 amide bonds. The predicted molar refractivity (Wildman–Crippen MR) is 90.4 cm³/mol. The van der Waals surface area contributed by atoms with Crippen LogP contribution in [0.1, 0.15) is 23.9 Å². The molecule has 20 heavy (non-hydrogen) atoms. The van der Waals surface area contributed by atoms with Crippen molar-refractivity contribution >= 4 is 29.6 Å². The Hall–Kier alpha value is -1.31. The summed E-state index contributed by atoms with van der Waals surface area (Å²) in [6.45, 7) is 11.7. The maximum atomic E-state index is 5.81. The van der Waals surface area contributed by atoms with Crippen molar-refractivity contribution in [2.45, 2.75) is 39.9 Å². The molecule has 2 rings (SSSR count). The van der Waals surface area contributed by atoms with Gasteiger partial charge < -0.3 is 4.74 Å². The van der Waals surface area contributed by atoms with Gasteiger partial charge in [-0.3, -0.25) is 0 Å². The Balaban J connectivity index is 2.44. The Labute approximate surface area is 126 Å². The topological polar surface area (TPSA) is 22.1 Å². The predicted octanol–water partition coefficient (Wildman–Crippen LogP) is 4.62. The van der Waals surface area contributed by atoms with Crippen LogP contribution in [0.25, 0.3) is 10.2 Å². The summed E-state index contributed by atoms with van der Waals surface area (Å²) in [6, 6.07) is 4.22. The Morgan fingerprint density at radius 2 is 2.05 bits per heavy atom. The first-order valence-corrected chi connectivity index (χ1v) is 11.3. The molecule has 0 fully saturated rings. The number of rotatable bonds is 3. The lowest BCUT2D eigenvalue weighted by Crippen LogP contribution is -2.16. The molecule has 0 saturated carbocycles. The van der Waals surface area contributed by atoms with Crippen molar-refractivity contribution in [1.82, 2.24) is 4.98 Å². The second-order valence-electron chi connectivity index (χ2n) is 5.98. The van der Waals surface area contributed by atoms with E-state index >= 15 is 0 Å². The van der Waals surface area contributed by atoms with Crippen molar-refractivity contribution in [3.8, 4) is 17.2 Å². The summed E-state index contributed by atoms with van der Waals surface area (Å²) in [6.07, 6.45) is 1.00. The zero-order valence-electron chi connectivity index (χ0n) is 12.8. The second-order valence-corrected chi connectivity index (χ2v) is 11.8. The van der Waals surface area contributed by atoms with Crippen LogP contribution in [0.4, 0.5) is 0 Å². The van der Waals surface area contributed by atoms with E-state index in [2.05, 4.69) is 62.1 Å². The molecule has 0 aliphatic heterocycles. The van der Waals surface area contributed by atoms with Gasteiger partial charge in [-0.2, -0.15) is 0 Å². The summed E-state index contributed by atoms with van der Waals surface area (Å²) in [5, 5.41) is 0.898. The molecule has 0 unspecified atom stereocenters. The molecule has 0 spiro atoms. The van der Waals surface area contributed by atoms with Crippen LogP contribution in [0.2, 0.25) is 19.6 Å². The van der Waals surface area contributed by atoms with E-state index in [0.29, 0.717) is 0 Å². The quantitative estimate of drug-likeness (QED) is 0.609. The van der Waals surface area contributed by atoms with Crippen LogP contribution < -0.4 is 4.74 Å². The van der Waals surface area contributed by atoms with Crippen LogP contribution in [-0.2, 0) is 0 Å². The highest BCUT2D eigenvalue weighted by molar-refractivity contribution is 7.19. The molecule has 0 bridgehead atoms. The Bertz CT molecular complexity index is 673. The van der Waals surface area contributed by atoms with E-state index in [0.717, 1.165) is 34.0 Å². The Morgan fingerprint density at radius 3 is 2.70 bits per heavy atom. The highest BCUT2D eigenvalue weighted by atomic mass is 32.1. The number of aromatic nitrogens is 1. The van der Waals surface area contributed by atoms with E-state index in [1.807, 2.05) is 0 Å². The van der Waals surface area contributed by atoms with Crippen LogP contribution in [-0.4, -0.2) is 19.7 Å². The fraction of sp³-hybridized carbons (Fsp3) is 0.438. The van der Waals surface area contributed by atoms with Gasteiger partial charge in [-0.15, -0.1) is 16.9 Å². The lowest BCUT2D eigenvalue weighted by Gasteiger charge is -2.05. The summed E-state index contributed by atoms with van der Waals surface area (Å²) >= 11 is 1.66. The van der Waals surface area contributed by atoms with Crippen molar-refractivity contribution in [2.75, 3.05) is 6.61 Å². The summed E-state index contributed by atoms with van der Waals surface area (Å²) < 4.78 is 6.98. The van der Waals surface area contributed by atoms with Crippen LogP contribution in [0, 0.1) is 18.4 Å². The second kappa shape index (κ2) is 5.98. The van der Waals surface area contributed by atoms with E-state index in [1.54, 1.807) is 11.3 Å². The molecule has 106 valence electrons. The zero-order valence-corrected chi connectivity index (χ0v) is 14.6. The number of hydrogen-bond donors (Lipinski definition) is 0. The first-order chi connectivity index (χ1) is 9.39. The third-order valence-electron chi connectivity index (χ3n) is 2.61. The van der Waals surface area contributed by atoms with Gasteiger partial charge in [0.25, 0.3) is 0 Å². The van der Waals surface area contributed by atoms with Gasteiger partial charge in [0, 0.05) is 0 Å². The fourth-order valence-electron chi connectivity index (χ4n) is 1.75. The van der Waals surface area contributed by atoms with E-state index in [9.17, 15) is 0 Å². The minimum atomic E-state index is -1.36. The van der Waals surface area contributed by atoms with Gasteiger partial charge in [-0.1, -0.05) is 26.6 Å². The highest BCUT2D eigenvalue weighted by Crippen LogP contribution is 2.31. The maximum absolute atomic E-state index is 5.81. The number of aryl methyl sites for hydroxylation is 1. The molecule has 4 heteroatoms. The number of benzene rings is 1. The lowest BCUT2D eigenvalue weighted by molar-refractivity contribution is 0.320. The van der Waals surface area contributed by atoms with Gasteiger partial charge in [0.15, 0.2) is 5.01 Å². The molecule has 2 nitrogen and oxygen atoms in total. The van der Waals surface area contributed by atoms with Crippen LogP contribution in [0.5, 0.6) is 5.75 Å². The minimum absolute atomic E-state index is 0.728. The van der Waals surface area contributed by atoms with Gasteiger partial charge in [-0.25, -0.2) is 4.98 Å². The Kier molecular flexibility index (Phi) is 4.51. The monoisotopic (exact) mass is 303 g/mol. The Morgan fingerprint density at radius 1 is 1.30 bits per heavy atom. The third kappa shape index (κ3) is 3.84. The summed E-state index contributed by atoms with van der Waals surface area (Å²) in [7, 11) is -1.36. The zero-order chi connectivity index (χ0) is 14.8. The first-order valence-electron chi connectivity index (χ1n) is 6.96. The molecule has 0 N–H and O–H groups in total. The van der Waals surface area contributed by atoms with Crippen molar-refractivity contribution < 1.29 is 4.74 Å². The molecule has 1 heterocycles. The molecule has 0 saturated heterocycles. The van der Waals surface area contributed by atoms with E-state index in [4.69, 9.17) is 4.74 Å². The van der Waals surface area contributed by atoms with E-state index in [1.165, 1.54) is 5.56 Å². The smallest absolute Gasteiger partial charge is 0.167 e. The van der Waals surface area contributed by atoms with Crippen molar-refractivity contribution in [1.29, 1.82) is 0 Å². The molecule has 0 atom stereocenters. The summed E-state index contributed by atoms with van der Waals surface area (Å²) in [4.78, 5) is 4.65. The molecule has 0 aliphatic rings. The molecule has 0 radical (unpaired) electrons. The van der Waals surface area contributed by atoms with Crippen LogP contribution >= 0.6 is 11.3 Å². The summed E-state index contributed by atoms with van der Waals surface area (Å²) in [5.41, 5.74) is 5.53. The summed E-state index contributed by atoms with van der Waals surface area (Å²) in [5.74, 6) is 4.13. The number of ether oxygens (including phenoxy) is 1. The minimum Gasteiger partial charge on any atom is -0.491 e. The largest absolute Gasteiger partial charge is 0.491 e. The highest BCUT2D eigenvalue weighted by Gasteiger charge is 2.11. The standard InChI is InChI=1S/C16H21NOSSi/c1-6-8-18-13-10-12(2)11-14-16(13)17-15(19-14)7-9-20(3,4)5/h10-11H,6,8H2,1-5H3.